The number of hydrogen-bond acceptors (Lipinski definition) is 2. The van der Waals surface area contributed by atoms with Gasteiger partial charge >= 0.3 is 0 Å². The first-order valence-corrected chi connectivity index (χ1v) is 10.6. The lowest BCUT2D eigenvalue weighted by molar-refractivity contribution is -0.671. The fraction of sp³-hybridized carbons (Fsp3) is 0.818. The van der Waals surface area contributed by atoms with E-state index >= 15 is 0 Å². The number of carbonyl (C=O) groups is 1. The summed E-state index contributed by atoms with van der Waals surface area (Å²) in [7, 11) is 2.09. The first-order chi connectivity index (χ1) is 12.5. The molecule has 0 saturated heterocycles. The van der Waals surface area contributed by atoms with Gasteiger partial charge in [0.1, 0.15) is 12.4 Å². The molecule has 152 valence electrons. The zero-order valence-electron chi connectivity index (χ0n) is 17.7. The third kappa shape index (κ3) is 17.5. The molecular weight excluding hydrogens is 324 g/mol. The highest BCUT2D eigenvalue weighted by Crippen LogP contribution is 2.17. The van der Waals surface area contributed by atoms with Crippen LogP contribution in [0.4, 0.5) is 0 Å². The van der Waals surface area contributed by atoms with Gasteiger partial charge < -0.3 is 9.90 Å². The number of aromatic nitrogens is 2. The van der Waals surface area contributed by atoms with Crippen LogP contribution in [0.25, 0.3) is 0 Å². The second kappa shape index (κ2) is 17.1. The number of hydrogen-bond donors (Lipinski definition) is 0. The van der Waals surface area contributed by atoms with Crippen LogP contribution in [0, 0.1) is 5.92 Å². The van der Waals surface area contributed by atoms with Crippen LogP contribution in [0.5, 0.6) is 0 Å². The molecule has 0 aliphatic rings. The minimum absolute atomic E-state index is 0.897. The number of unbranched alkanes of at least 4 members (excludes halogenated alkanes) is 8. The Morgan fingerprint density at radius 1 is 1.00 bits per heavy atom. The summed E-state index contributed by atoms with van der Waals surface area (Å²) in [5, 5.41) is 8.89. The Morgan fingerprint density at radius 3 is 2.00 bits per heavy atom. The molecule has 1 rings (SSSR count). The Kier molecular flexibility index (Phi) is 16.2. The first-order valence-electron chi connectivity index (χ1n) is 10.6. The van der Waals surface area contributed by atoms with Crippen LogP contribution in [0.15, 0.2) is 18.7 Å². The lowest BCUT2D eigenvalue weighted by atomic mass is 9.97. The van der Waals surface area contributed by atoms with Crippen molar-refractivity contribution in [2.45, 2.75) is 104 Å². The number of nitrogens with zero attached hydrogens (tertiary/aromatic N) is 2. The Hall–Kier alpha value is -1.32. The molecule has 1 aromatic rings. The molecule has 0 radical (unpaired) electrons. The van der Waals surface area contributed by atoms with Crippen molar-refractivity contribution in [2.24, 2.45) is 13.0 Å². The van der Waals surface area contributed by atoms with Crippen molar-refractivity contribution in [1.82, 2.24) is 4.57 Å². The second-order valence-electron chi connectivity index (χ2n) is 7.67. The van der Waals surface area contributed by atoms with Crippen molar-refractivity contribution in [3.63, 3.8) is 0 Å². The highest BCUT2D eigenvalue weighted by atomic mass is 16.4. The van der Waals surface area contributed by atoms with Crippen molar-refractivity contribution in [3.05, 3.63) is 18.7 Å². The van der Waals surface area contributed by atoms with Crippen LogP contribution in [-0.2, 0) is 18.4 Å². The second-order valence-corrected chi connectivity index (χ2v) is 7.67. The number of imidazole rings is 1. The number of aryl methyl sites for hydroxylation is 2. The van der Waals surface area contributed by atoms with E-state index in [4.69, 9.17) is 9.90 Å². The van der Waals surface area contributed by atoms with Crippen molar-refractivity contribution >= 4 is 5.97 Å². The molecule has 1 aromatic heterocycles. The topological polar surface area (TPSA) is 48.9 Å². The summed E-state index contributed by atoms with van der Waals surface area (Å²) in [5.74, 6) is -0.186. The Morgan fingerprint density at radius 2 is 1.50 bits per heavy atom. The van der Waals surface area contributed by atoms with Crippen molar-refractivity contribution < 1.29 is 14.5 Å². The molecule has 0 spiro atoms. The van der Waals surface area contributed by atoms with E-state index in [9.17, 15) is 0 Å². The van der Waals surface area contributed by atoms with Gasteiger partial charge in [0, 0.05) is 5.97 Å². The summed E-state index contributed by atoms with van der Waals surface area (Å²) in [4.78, 5) is 8.89. The van der Waals surface area contributed by atoms with Crippen LogP contribution in [-0.4, -0.2) is 10.5 Å². The van der Waals surface area contributed by atoms with E-state index in [1.165, 1.54) is 83.6 Å². The molecule has 1 atom stereocenters. The van der Waals surface area contributed by atoms with Gasteiger partial charge in [0.25, 0.3) is 0 Å². The lowest BCUT2D eigenvalue weighted by Gasteiger charge is -2.10. The average Bonchev–Trinajstić information content (AvgIpc) is 2.98. The maximum atomic E-state index is 8.89. The molecule has 0 aromatic carbocycles. The minimum atomic E-state index is -1.08. The Labute approximate surface area is 161 Å². The number of aliphatic carboxylic acids is 1. The molecule has 4 heteroatoms. The number of carbonyl (C=O) groups excluding carboxylic acids is 1. The van der Waals surface area contributed by atoms with Crippen LogP contribution in [0.3, 0.4) is 0 Å². The normalized spacial score (nSPS) is 11.7. The summed E-state index contributed by atoms with van der Waals surface area (Å²) < 4.78 is 4.41. The predicted octanol–water partition coefficient (Wildman–Crippen LogP) is 4.41. The summed E-state index contributed by atoms with van der Waals surface area (Å²) >= 11 is 0. The third-order valence-corrected chi connectivity index (χ3v) is 4.74. The van der Waals surface area contributed by atoms with E-state index in [2.05, 4.69) is 48.8 Å². The summed E-state index contributed by atoms with van der Waals surface area (Å²) in [6.45, 7) is 6.86. The smallest absolute Gasteiger partial charge is 0.243 e. The first kappa shape index (κ1) is 24.7. The molecule has 0 aliphatic carbocycles. The van der Waals surface area contributed by atoms with Crippen LogP contribution >= 0.6 is 0 Å². The minimum Gasteiger partial charge on any atom is -0.550 e. The van der Waals surface area contributed by atoms with Gasteiger partial charge in [-0.1, -0.05) is 78.1 Å². The summed E-state index contributed by atoms with van der Waals surface area (Å²) in [5.41, 5.74) is 0. The van der Waals surface area contributed by atoms with Gasteiger partial charge in [-0.3, -0.25) is 0 Å². The van der Waals surface area contributed by atoms with Crippen LogP contribution in [0.2, 0.25) is 0 Å². The molecule has 0 saturated carbocycles. The van der Waals surface area contributed by atoms with Gasteiger partial charge in [0.2, 0.25) is 6.33 Å². The van der Waals surface area contributed by atoms with E-state index in [0.717, 1.165) is 12.8 Å². The highest BCUT2D eigenvalue weighted by molar-refractivity contribution is 5.60. The Balaban J connectivity index is 0.00000141. The molecular formula is C22H42N2O2. The molecule has 0 N–H and O–H groups in total. The quantitative estimate of drug-likeness (QED) is 0.362. The highest BCUT2D eigenvalue weighted by Gasteiger charge is 2.04. The zero-order chi connectivity index (χ0) is 19.6. The number of carboxylic acids is 1. The Bertz CT molecular complexity index is 439. The zero-order valence-corrected chi connectivity index (χ0v) is 17.7. The lowest BCUT2D eigenvalue weighted by Crippen LogP contribution is -2.23. The van der Waals surface area contributed by atoms with Gasteiger partial charge in [-0.15, -0.1) is 0 Å². The van der Waals surface area contributed by atoms with Gasteiger partial charge in [0.05, 0.1) is 13.6 Å². The van der Waals surface area contributed by atoms with Gasteiger partial charge in [-0.05, 0) is 25.7 Å². The molecule has 0 amide bonds. The predicted molar refractivity (Wildman–Crippen MR) is 107 cm³/mol. The van der Waals surface area contributed by atoms with Crippen LogP contribution < -0.4 is 9.67 Å². The maximum absolute atomic E-state index is 8.89. The van der Waals surface area contributed by atoms with Crippen molar-refractivity contribution in [2.75, 3.05) is 0 Å². The third-order valence-electron chi connectivity index (χ3n) is 4.74. The van der Waals surface area contributed by atoms with E-state index < -0.39 is 5.97 Å². The van der Waals surface area contributed by atoms with E-state index in [-0.39, 0.29) is 0 Å². The van der Waals surface area contributed by atoms with Crippen molar-refractivity contribution in [3.8, 4) is 0 Å². The van der Waals surface area contributed by atoms with Gasteiger partial charge in [-0.25, -0.2) is 9.13 Å². The monoisotopic (exact) mass is 366 g/mol. The molecule has 4 nitrogen and oxygen atoms in total. The number of carboxylic acid groups (broad SMARTS) is 1. The molecule has 26 heavy (non-hydrogen) atoms. The van der Waals surface area contributed by atoms with Gasteiger partial charge in [0.15, 0.2) is 0 Å². The molecule has 0 aliphatic heterocycles. The molecule has 0 fully saturated rings. The molecule has 0 bridgehead atoms. The van der Waals surface area contributed by atoms with E-state index in [1.807, 2.05) is 0 Å². The fourth-order valence-corrected chi connectivity index (χ4v) is 3.20. The number of rotatable bonds is 14. The van der Waals surface area contributed by atoms with E-state index in [0.29, 0.717) is 0 Å². The van der Waals surface area contributed by atoms with E-state index in [1.54, 1.807) is 0 Å². The maximum Gasteiger partial charge on any atom is 0.243 e. The molecule has 1 heterocycles. The fourth-order valence-electron chi connectivity index (χ4n) is 3.20. The summed E-state index contributed by atoms with van der Waals surface area (Å²) in [6, 6.07) is 0. The standard InChI is InChI=1S/C20H39N2.C2H4O2/c1-4-5-6-7-8-9-10-11-12-14-20(2)15-13-16-22-18-17-21(3)19-22;1-2(3)4/h17-20H,4-16H2,1-3H3;1H3,(H,3,4)/q+1;/p-1/t20-;/m0./s1. The van der Waals surface area contributed by atoms with Crippen LogP contribution in [0.1, 0.15) is 97.8 Å². The summed E-state index contributed by atoms with van der Waals surface area (Å²) in [6.07, 6.45) is 23.5. The van der Waals surface area contributed by atoms with Crippen molar-refractivity contribution in [1.29, 1.82) is 0 Å². The average molecular weight is 367 g/mol. The largest absolute Gasteiger partial charge is 0.550 e. The van der Waals surface area contributed by atoms with Gasteiger partial charge in [-0.2, -0.15) is 0 Å². The molecule has 0 unspecified atom stereocenters. The SMILES string of the molecule is CC(=O)[O-].CCCCCCCCCCC[C@H](C)CCCn1cc[n+](C)c1.